The van der Waals surface area contributed by atoms with E-state index in [1.807, 2.05) is 38.1 Å². The third-order valence-electron chi connectivity index (χ3n) is 6.03. The molecule has 0 aliphatic rings. The second-order valence-electron chi connectivity index (χ2n) is 9.28. The number of nitrogens with two attached hydrogens (primary N) is 1. The number of carbonyl (C=O) groups excluding carboxylic acids is 2. The summed E-state index contributed by atoms with van der Waals surface area (Å²) < 4.78 is 12.8. The first-order chi connectivity index (χ1) is 18.1. The molecule has 1 amide bonds. The van der Waals surface area contributed by atoms with E-state index in [0.717, 1.165) is 11.1 Å². The van der Waals surface area contributed by atoms with Gasteiger partial charge in [0, 0.05) is 38.2 Å². The molecule has 0 saturated heterocycles. The van der Waals surface area contributed by atoms with Gasteiger partial charge < -0.3 is 19.6 Å². The van der Waals surface area contributed by atoms with Crippen LogP contribution in [-0.4, -0.2) is 37.5 Å². The molecule has 1 unspecified atom stereocenters. The molecule has 10 heteroatoms. The Labute approximate surface area is 220 Å². The van der Waals surface area contributed by atoms with Crippen molar-refractivity contribution in [2.45, 2.75) is 46.1 Å². The summed E-state index contributed by atoms with van der Waals surface area (Å²) in [6.07, 6.45) is 1.96. The maximum atomic E-state index is 12.5. The molecular formula is C28H28N6O4. The minimum absolute atomic E-state index is 0.115. The monoisotopic (exact) mass is 512 g/mol. The van der Waals surface area contributed by atoms with Crippen molar-refractivity contribution < 1.29 is 18.8 Å². The van der Waals surface area contributed by atoms with Gasteiger partial charge in [0.15, 0.2) is 17.4 Å². The summed E-state index contributed by atoms with van der Waals surface area (Å²) in [5.74, 6) is -0.0121. The van der Waals surface area contributed by atoms with E-state index in [1.54, 1.807) is 36.9 Å². The molecule has 2 aromatic heterocycles. The summed E-state index contributed by atoms with van der Waals surface area (Å²) in [7, 11) is 1.78. The fourth-order valence-corrected chi connectivity index (χ4v) is 4.40. The molecule has 0 fully saturated rings. The zero-order valence-electron chi connectivity index (χ0n) is 21.8. The van der Waals surface area contributed by atoms with Crippen molar-refractivity contribution in [2.75, 3.05) is 0 Å². The molecule has 2 heterocycles. The Balaban J connectivity index is 1.79. The van der Waals surface area contributed by atoms with Crippen LogP contribution in [0.25, 0.3) is 11.3 Å². The average molecular weight is 513 g/mol. The van der Waals surface area contributed by atoms with Crippen LogP contribution in [-0.2, 0) is 13.5 Å². The van der Waals surface area contributed by atoms with Gasteiger partial charge >= 0.3 is 0 Å². The van der Waals surface area contributed by atoms with Crippen LogP contribution in [0.5, 0.6) is 5.75 Å². The Kier molecular flexibility index (Phi) is 7.39. The van der Waals surface area contributed by atoms with Gasteiger partial charge in [-0.2, -0.15) is 10.2 Å². The summed E-state index contributed by atoms with van der Waals surface area (Å²) in [5.41, 5.74) is 8.91. The highest BCUT2D eigenvalue weighted by atomic mass is 16.5. The standard InChI is InChI=1S/C28H28N6O4/c1-15(2)37-24-11-10-20(26(30)36)25(22(24)13-29)21(27-31-17(4)38-33-27)12-18-6-8-19(9-7-18)23-14-34(5)28(32-23)16(3)35/h6-11,14-15,21H,12H2,1-5H3,(H2,30,36). The fourth-order valence-electron chi connectivity index (χ4n) is 4.40. The van der Waals surface area contributed by atoms with Gasteiger partial charge in [0.2, 0.25) is 11.8 Å². The van der Waals surface area contributed by atoms with Crippen molar-refractivity contribution in [2.24, 2.45) is 12.8 Å². The molecule has 0 spiro atoms. The van der Waals surface area contributed by atoms with Crippen LogP contribution in [0.3, 0.4) is 0 Å². The number of aromatic nitrogens is 4. The molecule has 1 atom stereocenters. The Morgan fingerprint density at radius 2 is 1.87 bits per heavy atom. The van der Waals surface area contributed by atoms with Crippen molar-refractivity contribution in [3.63, 3.8) is 0 Å². The molecule has 0 bridgehead atoms. The summed E-state index contributed by atoms with van der Waals surface area (Å²) in [5, 5.41) is 14.2. The lowest BCUT2D eigenvalue weighted by atomic mass is 9.84. The lowest BCUT2D eigenvalue weighted by molar-refractivity contribution is 0.0991. The number of Topliss-reactive ketones (excluding diaryl/α,β-unsaturated/α-hetero) is 1. The van der Waals surface area contributed by atoms with Crippen molar-refractivity contribution in [1.82, 2.24) is 19.7 Å². The van der Waals surface area contributed by atoms with Crippen LogP contribution < -0.4 is 10.5 Å². The van der Waals surface area contributed by atoms with Gasteiger partial charge in [0.1, 0.15) is 11.8 Å². The number of aryl methyl sites for hydroxylation is 2. The summed E-state index contributed by atoms with van der Waals surface area (Å²) in [6.45, 7) is 6.85. The van der Waals surface area contributed by atoms with E-state index >= 15 is 0 Å². The van der Waals surface area contributed by atoms with Gasteiger partial charge in [0.05, 0.1) is 23.3 Å². The Morgan fingerprint density at radius 3 is 2.39 bits per heavy atom. The van der Waals surface area contributed by atoms with Crippen molar-refractivity contribution in [1.29, 1.82) is 5.26 Å². The number of nitrogens with zero attached hydrogens (tertiary/aromatic N) is 5. The zero-order chi connectivity index (χ0) is 27.6. The van der Waals surface area contributed by atoms with Crippen molar-refractivity contribution in [3.05, 3.63) is 82.4 Å². The number of amides is 1. The SMILES string of the molecule is CC(=O)c1nc(-c2ccc(CC(c3noc(C)n3)c3c(C(N)=O)ccc(OC(C)C)c3C#N)cc2)cn1C. The predicted octanol–water partition coefficient (Wildman–Crippen LogP) is 4.11. The molecule has 0 aliphatic carbocycles. The van der Waals surface area contributed by atoms with E-state index in [4.69, 9.17) is 15.0 Å². The van der Waals surface area contributed by atoms with E-state index in [0.29, 0.717) is 41.0 Å². The smallest absolute Gasteiger partial charge is 0.249 e. The normalized spacial score (nSPS) is 11.8. The Morgan fingerprint density at radius 1 is 1.16 bits per heavy atom. The number of hydrogen-bond donors (Lipinski definition) is 1. The minimum atomic E-state index is -0.676. The van der Waals surface area contributed by atoms with Crippen LogP contribution in [0, 0.1) is 18.3 Å². The molecule has 0 radical (unpaired) electrons. The number of carbonyl (C=O) groups is 2. The summed E-state index contributed by atoms with van der Waals surface area (Å²) >= 11 is 0. The van der Waals surface area contributed by atoms with Gasteiger partial charge in [-0.05, 0) is 43.5 Å². The van der Waals surface area contributed by atoms with E-state index < -0.39 is 11.8 Å². The van der Waals surface area contributed by atoms with Crippen LogP contribution in [0.1, 0.15) is 76.1 Å². The second kappa shape index (κ2) is 10.7. The van der Waals surface area contributed by atoms with Gasteiger partial charge in [-0.1, -0.05) is 29.4 Å². The topological polar surface area (TPSA) is 150 Å². The molecule has 194 valence electrons. The second-order valence-corrected chi connectivity index (χ2v) is 9.28. The lowest BCUT2D eigenvalue weighted by Crippen LogP contribution is -2.20. The molecular weight excluding hydrogens is 484 g/mol. The van der Waals surface area contributed by atoms with E-state index in [1.165, 1.54) is 6.92 Å². The van der Waals surface area contributed by atoms with E-state index in [-0.39, 0.29) is 23.0 Å². The number of primary amides is 1. The number of benzene rings is 2. The zero-order valence-corrected chi connectivity index (χ0v) is 21.8. The quantitative estimate of drug-likeness (QED) is 0.329. The number of nitriles is 1. The molecule has 0 aliphatic heterocycles. The Bertz CT molecular complexity index is 1540. The van der Waals surface area contributed by atoms with Crippen LogP contribution in [0.15, 0.2) is 47.1 Å². The van der Waals surface area contributed by atoms with Crippen molar-refractivity contribution in [3.8, 4) is 23.1 Å². The lowest BCUT2D eigenvalue weighted by Gasteiger charge is -2.21. The molecule has 4 aromatic rings. The van der Waals surface area contributed by atoms with Gasteiger partial charge in [0.25, 0.3) is 0 Å². The van der Waals surface area contributed by atoms with Crippen LogP contribution >= 0.6 is 0 Å². The van der Waals surface area contributed by atoms with E-state index in [9.17, 15) is 14.9 Å². The maximum Gasteiger partial charge on any atom is 0.249 e. The first-order valence-electron chi connectivity index (χ1n) is 12.1. The minimum Gasteiger partial charge on any atom is -0.490 e. The number of imidazole rings is 1. The maximum absolute atomic E-state index is 12.5. The average Bonchev–Trinajstić information content (AvgIpc) is 3.47. The molecule has 38 heavy (non-hydrogen) atoms. The molecule has 10 nitrogen and oxygen atoms in total. The van der Waals surface area contributed by atoms with Gasteiger partial charge in [-0.3, -0.25) is 9.59 Å². The number of rotatable bonds is 9. The largest absolute Gasteiger partial charge is 0.490 e. The summed E-state index contributed by atoms with van der Waals surface area (Å²) in [4.78, 5) is 33.1. The first kappa shape index (κ1) is 26.3. The van der Waals surface area contributed by atoms with Gasteiger partial charge in [-0.25, -0.2) is 4.98 Å². The fraction of sp³-hybridized carbons (Fsp3) is 0.286. The van der Waals surface area contributed by atoms with E-state index in [2.05, 4.69) is 21.2 Å². The predicted molar refractivity (Wildman–Crippen MR) is 139 cm³/mol. The van der Waals surface area contributed by atoms with Gasteiger partial charge in [-0.15, -0.1) is 0 Å². The Hall–Kier alpha value is -4.78. The number of ketones is 1. The van der Waals surface area contributed by atoms with Crippen LogP contribution in [0.4, 0.5) is 0 Å². The molecule has 4 rings (SSSR count). The van der Waals surface area contributed by atoms with Crippen LogP contribution in [0.2, 0.25) is 0 Å². The summed E-state index contributed by atoms with van der Waals surface area (Å²) in [6, 6.07) is 13.0. The highest BCUT2D eigenvalue weighted by Crippen LogP contribution is 2.37. The number of hydrogen-bond acceptors (Lipinski definition) is 8. The highest BCUT2D eigenvalue weighted by molar-refractivity contribution is 5.96. The molecule has 2 aromatic carbocycles. The number of ether oxygens (including phenoxy) is 1. The molecule has 2 N–H and O–H groups in total. The third kappa shape index (κ3) is 5.32. The third-order valence-corrected chi connectivity index (χ3v) is 6.03. The van der Waals surface area contributed by atoms with Crippen molar-refractivity contribution >= 4 is 11.7 Å². The molecule has 0 saturated carbocycles. The first-order valence-corrected chi connectivity index (χ1v) is 12.1. The highest BCUT2D eigenvalue weighted by Gasteiger charge is 2.30.